The summed E-state index contributed by atoms with van der Waals surface area (Å²) in [5.74, 6) is 0.102. The van der Waals surface area contributed by atoms with Crippen LogP contribution in [0.15, 0.2) is 29.1 Å². The van der Waals surface area contributed by atoms with E-state index in [0.29, 0.717) is 19.6 Å². The summed E-state index contributed by atoms with van der Waals surface area (Å²) in [6.07, 6.45) is 1.86. The number of nitrogens with zero attached hydrogens (tertiary/aromatic N) is 3. The first-order valence-corrected chi connectivity index (χ1v) is 8.22. The number of amides is 1. The van der Waals surface area contributed by atoms with Crippen LogP contribution in [0.25, 0.3) is 11.0 Å². The van der Waals surface area contributed by atoms with Crippen LogP contribution in [0.5, 0.6) is 0 Å². The van der Waals surface area contributed by atoms with Gasteiger partial charge >= 0.3 is 5.69 Å². The number of aliphatic hydroxyl groups excluding tert-OH is 1. The number of imidazole rings is 1. The van der Waals surface area contributed by atoms with E-state index in [1.807, 2.05) is 31.2 Å². The van der Waals surface area contributed by atoms with Gasteiger partial charge in [0.1, 0.15) is 6.54 Å². The molecule has 0 radical (unpaired) electrons. The maximum atomic E-state index is 12.6. The Hall–Kier alpha value is -2.08. The molecular formula is C17H23N3O3. The second kappa shape index (κ2) is 6.58. The fourth-order valence-corrected chi connectivity index (χ4v) is 3.41. The quantitative estimate of drug-likeness (QED) is 0.917. The number of aliphatic hydroxyl groups is 1. The van der Waals surface area contributed by atoms with Gasteiger partial charge in [-0.25, -0.2) is 4.79 Å². The lowest BCUT2D eigenvalue weighted by molar-refractivity contribution is -0.133. The van der Waals surface area contributed by atoms with Gasteiger partial charge in [0.25, 0.3) is 0 Å². The molecule has 2 heterocycles. The average Bonchev–Trinajstić information content (AvgIpc) is 2.86. The van der Waals surface area contributed by atoms with Crippen LogP contribution in [0.2, 0.25) is 0 Å². The molecule has 0 bridgehead atoms. The number of hydrogen-bond acceptors (Lipinski definition) is 3. The zero-order valence-electron chi connectivity index (χ0n) is 13.4. The molecule has 1 atom stereocenters. The number of carbonyl (C=O) groups is 1. The van der Waals surface area contributed by atoms with Crippen molar-refractivity contribution >= 4 is 16.9 Å². The number of likely N-dealkylation sites (tertiary alicyclic amines) is 1. The Bertz CT molecular complexity index is 762. The van der Waals surface area contributed by atoms with Gasteiger partial charge in [-0.3, -0.25) is 13.9 Å². The highest BCUT2D eigenvalue weighted by Crippen LogP contribution is 2.17. The van der Waals surface area contributed by atoms with E-state index in [1.165, 1.54) is 0 Å². The van der Waals surface area contributed by atoms with Gasteiger partial charge in [0.15, 0.2) is 0 Å². The van der Waals surface area contributed by atoms with Gasteiger partial charge < -0.3 is 10.0 Å². The number of rotatable bonds is 4. The third kappa shape index (κ3) is 2.91. The molecule has 1 N–H and O–H groups in total. The molecule has 1 aromatic heterocycles. The van der Waals surface area contributed by atoms with Crippen molar-refractivity contribution in [1.82, 2.24) is 14.0 Å². The molecule has 1 aliphatic rings. The number of aryl methyl sites for hydroxylation is 1. The van der Waals surface area contributed by atoms with Gasteiger partial charge in [0.05, 0.1) is 11.0 Å². The Labute approximate surface area is 134 Å². The number of para-hydroxylation sites is 2. The largest absolute Gasteiger partial charge is 0.396 e. The molecule has 1 unspecified atom stereocenters. The van der Waals surface area contributed by atoms with Crippen LogP contribution >= 0.6 is 0 Å². The minimum atomic E-state index is -0.141. The van der Waals surface area contributed by atoms with Crippen molar-refractivity contribution in [1.29, 1.82) is 0 Å². The summed E-state index contributed by atoms with van der Waals surface area (Å²) in [5, 5.41) is 9.30. The molecular weight excluding hydrogens is 294 g/mol. The van der Waals surface area contributed by atoms with Crippen LogP contribution in [0.4, 0.5) is 0 Å². The summed E-state index contributed by atoms with van der Waals surface area (Å²) >= 11 is 0. The van der Waals surface area contributed by atoms with Gasteiger partial charge in [-0.2, -0.15) is 0 Å². The first kappa shape index (κ1) is 15.8. The molecule has 1 saturated heterocycles. The van der Waals surface area contributed by atoms with Crippen molar-refractivity contribution in [3.63, 3.8) is 0 Å². The fourth-order valence-electron chi connectivity index (χ4n) is 3.41. The normalized spacial score (nSPS) is 18.5. The number of aromatic nitrogens is 2. The van der Waals surface area contributed by atoms with Gasteiger partial charge in [0, 0.05) is 26.2 Å². The van der Waals surface area contributed by atoms with Crippen LogP contribution in [0.3, 0.4) is 0 Å². The van der Waals surface area contributed by atoms with E-state index >= 15 is 0 Å². The molecule has 3 rings (SSSR count). The molecule has 2 aromatic rings. The Morgan fingerprint density at radius 3 is 2.61 bits per heavy atom. The van der Waals surface area contributed by atoms with Crippen molar-refractivity contribution in [3.8, 4) is 0 Å². The summed E-state index contributed by atoms with van der Waals surface area (Å²) in [7, 11) is 0. The molecule has 124 valence electrons. The van der Waals surface area contributed by atoms with E-state index < -0.39 is 0 Å². The second-order valence-corrected chi connectivity index (χ2v) is 6.13. The highest BCUT2D eigenvalue weighted by atomic mass is 16.3. The second-order valence-electron chi connectivity index (χ2n) is 6.13. The zero-order valence-corrected chi connectivity index (χ0v) is 13.4. The molecule has 1 amide bonds. The maximum absolute atomic E-state index is 12.6. The monoisotopic (exact) mass is 317 g/mol. The highest BCUT2D eigenvalue weighted by Gasteiger charge is 2.24. The van der Waals surface area contributed by atoms with Crippen LogP contribution in [0, 0.1) is 5.92 Å². The van der Waals surface area contributed by atoms with E-state index in [-0.39, 0.29) is 30.7 Å². The van der Waals surface area contributed by atoms with Crippen LogP contribution < -0.4 is 5.69 Å². The fraction of sp³-hybridized carbons (Fsp3) is 0.529. The van der Waals surface area contributed by atoms with Crippen LogP contribution in [-0.4, -0.2) is 44.7 Å². The van der Waals surface area contributed by atoms with E-state index in [4.69, 9.17) is 0 Å². The van der Waals surface area contributed by atoms with Gasteiger partial charge in [-0.15, -0.1) is 0 Å². The van der Waals surface area contributed by atoms with E-state index in [2.05, 4.69) is 0 Å². The smallest absolute Gasteiger partial charge is 0.329 e. The maximum Gasteiger partial charge on any atom is 0.329 e. The summed E-state index contributed by atoms with van der Waals surface area (Å²) in [6, 6.07) is 7.56. The van der Waals surface area contributed by atoms with E-state index in [1.54, 1.807) is 14.0 Å². The number of hydrogen-bond donors (Lipinski definition) is 1. The van der Waals surface area contributed by atoms with Gasteiger partial charge in [-0.05, 0) is 37.8 Å². The number of fused-ring (bicyclic) bond motifs is 1. The molecule has 0 spiro atoms. The van der Waals surface area contributed by atoms with E-state index in [9.17, 15) is 14.7 Å². The highest BCUT2D eigenvalue weighted by molar-refractivity contribution is 5.81. The molecule has 0 saturated carbocycles. The molecule has 6 heteroatoms. The molecule has 1 aromatic carbocycles. The SMILES string of the molecule is CCn1c(=O)n(CC(=O)N2CCCC(CO)C2)c2ccccc21. The Kier molecular flexibility index (Phi) is 4.52. The topological polar surface area (TPSA) is 67.5 Å². The van der Waals surface area contributed by atoms with Crippen molar-refractivity contribution < 1.29 is 9.90 Å². The molecule has 23 heavy (non-hydrogen) atoms. The number of carbonyl (C=O) groups excluding carboxylic acids is 1. The summed E-state index contributed by atoms with van der Waals surface area (Å²) < 4.78 is 3.25. The minimum absolute atomic E-state index is 0.0516. The first-order chi connectivity index (χ1) is 11.2. The molecule has 6 nitrogen and oxygen atoms in total. The number of benzene rings is 1. The molecule has 1 fully saturated rings. The van der Waals surface area contributed by atoms with Gasteiger partial charge in [-0.1, -0.05) is 12.1 Å². The standard InChI is InChI=1S/C17H23N3O3/c1-2-19-14-7-3-4-8-15(14)20(17(19)23)11-16(22)18-9-5-6-13(10-18)12-21/h3-4,7-8,13,21H,2,5-6,9-12H2,1H3. The van der Waals surface area contributed by atoms with Gasteiger partial charge in [0.2, 0.25) is 5.91 Å². The van der Waals surface area contributed by atoms with Crippen molar-refractivity contribution in [3.05, 3.63) is 34.7 Å². The third-order valence-corrected chi connectivity index (χ3v) is 4.66. The first-order valence-electron chi connectivity index (χ1n) is 8.22. The minimum Gasteiger partial charge on any atom is -0.396 e. The lowest BCUT2D eigenvalue weighted by atomic mass is 9.99. The molecule has 0 aliphatic carbocycles. The lowest BCUT2D eigenvalue weighted by Gasteiger charge is -2.31. The van der Waals surface area contributed by atoms with Crippen molar-refractivity contribution in [2.45, 2.75) is 32.9 Å². The van der Waals surface area contributed by atoms with Crippen LogP contribution in [-0.2, 0) is 17.9 Å². The Morgan fingerprint density at radius 2 is 1.96 bits per heavy atom. The average molecular weight is 317 g/mol. The summed E-state index contributed by atoms with van der Waals surface area (Å²) in [5.41, 5.74) is 1.51. The summed E-state index contributed by atoms with van der Waals surface area (Å²) in [4.78, 5) is 26.9. The Balaban J connectivity index is 1.88. The van der Waals surface area contributed by atoms with Crippen LogP contribution in [0.1, 0.15) is 19.8 Å². The lowest BCUT2D eigenvalue weighted by Crippen LogP contribution is -2.43. The predicted molar refractivity (Wildman–Crippen MR) is 88.3 cm³/mol. The number of piperidine rings is 1. The Morgan fingerprint density at radius 1 is 1.26 bits per heavy atom. The predicted octanol–water partition coefficient (Wildman–Crippen LogP) is 1.05. The summed E-state index contributed by atoms with van der Waals surface area (Å²) in [6.45, 7) is 3.96. The van der Waals surface area contributed by atoms with Crippen molar-refractivity contribution in [2.75, 3.05) is 19.7 Å². The molecule has 1 aliphatic heterocycles. The third-order valence-electron chi connectivity index (χ3n) is 4.66. The zero-order chi connectivity index (χ0) is 16.4. The van der Waals surface area contributed by atoms with E-state index in [0.717, 1.165) is 23.9 Å². The van der Waals surface area contributed by atoms with Crippen molar-refractivity contribution in [2.24, 2.45) is 5.92 Å².